The van der Waals surface area contributed by atoms with Crippen LogP contribution in [0.5, 0.6) is 0 Å². The van der Waals surface area contributed by atoms with Crippen molar-refractivity contribution < 1.29 is 14.7 Å². The number of likely N-dealkylation sites (N-methyl/N-ethyl adjacent to an activating group) is 2. The number of fused-ring (bicyclic) bond motifs is 1. The number of nitrogens with zero attached hydrogens (tertiary/aromatic N) is 2. The van der Waals surface area contributed by atoms with Gasteiger partial charge in [0, 0.05) is 41.8 Å². The van der Waals surface area contributed by atoms with Crippen LogP contribution in [0.25, 0.3) is 11.3 Å². The number of amides is 1. The summed E-state index contributed by atoms with van der Waals surface area (Å²) in [6.45, 7) is 2.84. The number of hydrogen-bond acceptors (Lipinski definition) is 5. The minimum absolute atomic E-state index is 0.0763. The molecule has 0 spiro atoms. The lowest BCUT2D eigenvalue weighted by atomic mass is 9.98. The first-order valence-corrected chi connectivity index (χ1v) is 13.3. The Morgan fingerprint density at radius 2 is 1.63 bits per heavy atom. The summed E-state index contributed by atoms with van der Waals surface area (Å²) >= 11 is 3.48. The molecule has 0 bridgehead atoms. The summed E-state index contributed by atoms with van der Waals surface area (Å²) in [5.41, 5.74) is 6.72. The number of carbonyl (C=O) groups is 2. The standard InChI is InChI=1S/C30H33BrN4O3/c1-34(2)16-17-35(3)19-21-6-12-24(13-7-21)32-29(22-9-4-20(5-10-22)8-15-27(36)37)28-25-14-11-23(31)18-26(25)33-30(28)38/h4-7,9-14,18,32H,8,15-17,19H2,1-3H3,(H,33,38)(H,36,37)/b29-28-. The van der Waals surface area contributed by atoms with Gasteiger partial charge in [0.2, 0.25) is 0 Å². The summed E-state index contributed by atoms with van der Waals surface area (Å²) in [4.78, 5) is 28.6. The van der Waals surface area contributed by atoms with Crippen LogP contribution >= 0.6 is 15.9 Å². The Morgan fingerprint density at radius 1 is 0.947 bits per heavy atom. The summed E-state index contributed by atoms with van der Waals surface area (Å²) < 4.78 is 0.890. The molecule has 0 saturated heterocycles. The van der Waals surface area contributed by atoms with E-state index in [1.807, 2.05) is 54.6 Å². The molecule has 0 fully saturated rings. The molecule has 3 N–H and O–H groups in total. The fourth-order valence-corrected chi connectivity index (χ4v) is 4.72. The maximum atomic E-state index is 13.2. The number of aliphatic carboxylic acids is 1. The fourth-order valence-electron chi connectivity index (χ4n) is 4.36. The van der Waals surface area contributed by atoms with Gasteiger partial charge in [-0.2, -0.15) is 0 Å². The molecule has 8 heteroatoms. The van der Waals surface area contributed by atoms with Crippen molar-refractivity contribution in [3.63, 3.8) is 0 Å². The molecule has 0 atom stereocenters. The van der Waals surface area contributed by atoms with Crippen molar-refractivity contribution in [1.29, 1.82) is 0 Å². The molecule has 0 radical (unpaired) electrons. The second-order valence-electron chi connectivity index (χ2n) is 9.85. The third-order valence-electron chi connectivity index (χ3n) is 6.45. The smallest absolute Gasteiger partial charge is 0.303 e. The molecule has 0 aromatic heterocycles. The van der Waals surface area contributed by atoms with Crippen molar-refractivity contribution in [2.45, 2.75) is 19.4 Å². The van der Waals surface area contributed by atoms with Crippen LogP contribution in [0.1, 0.15) is 28.7 Å². The van der Waals surface area contributed by atoms with Gasteiger partial charge < -0.3 is 25.5 Å². The van der Waals surface area contributed by atoms with Gasteiger partial charge in [-0.05, 0) is 68.5 Å². The van der Waals surface area contributed by atoms with E-state index in [4.69, 9.17) is 5.11 Å². The van der Waals surface area contributed by atoms with Gasteiger partial charge in [0.05, 0.1) is 17.0 Å². The number of rotatable bonds is 11. The van der Waals surface area contributed by atoms with Crippen molar-refractivity contribution in [3.05, 3.63) is 93.5 Å². The zero-order valence-electron chi connectivity index (χ0n) is 21.9. The summed E-state index contributed by atoms with van der Waals surface area (Å²) in [7, 11) is 6.27. The van der Waals surface area contributed by atoms with Crippen LogP contribution in [0.15, 0.2) is 71.2 Å². The average molecular weight is 578 g/mol. The molecular formula is C30H33BrN4O3. The number of aryl methyl sites for hydroxylation is 1. The van der Waals surface area contributed by atoms with Gasteiger partial charge in [-0.1, -0.05) is 58.4 Å². The Labute approximate surface area is 232 Å². The normalized spacial score (nSPS) is 14.0. The second-order valence-corrected chi connectivity index (χ2v) is 10.8. The van der Waals surface area contributed by atoms with E-state index in [2.05, 4.69) is 69.6 Å². The maximum Gasteiger partial charge on any atom is 0.303 e. The molecule has 38 heavy (non-hydrogen) atoms. The predicted octanol–water partition coefficient (Wildman–Crippen LogP) is 5.39. The fraction of sp³-hybridized carbons (Fsp3) is 0.267. The third-order valence-corrected chi connectivity index (χ3v) is 6.94. The highest BCUT2D eigenvalue weighted by Crippen LogP contribution is 2.39. The van der Waals surface area contributed by atoms with E-state index in [0.29, 0.717) is 17.7 Å². The highest BCUT2D eigenvalue weighted by atomic mass is 79.9. The number of nitrogens with one attached hydrogen (secondary N) is 2. The minimum Gasteiger partial charge on any atom is -0.481 e. The van der Waals surface area contributed by atoms with Gasteiger partial charge in [-0.3, -0.25) is 9.59 Å². The molecule has 1 aliphatic heterocycles. The van der Waals surface area contributed by atoms with Crippen LogP contribution in [0.3, 0.4) is 0 Å². The van der Waals surface area contributed by atoms with Crippen molar-refractivity contribution in [1.82, 2.24) is 9.80 Å². The van der Waals surface area contributed by atoms with E-state index >= 15 is 0 Å². The molecule has 1 amide bonds. The van der Waals surface area contributed by atoms with Crippen LogP contribution in [0, 0.1) is 0 Å². The van der Waals surface area contributed by atoms with Crippen molar-refractivity contribution in [2.24, 2.45) is 0 Å². The van der Waals surface area contributed by atoms with Gasteiger partial charge in [0.15, 0.2) is 0 Å². The predicted molar refractivity (Wildman–Crippen MR) is 157 cm³/mol. The van der Waals surface area contributed by atoms with E-state index in [9.17, 15) is 9.59 Å². The van der Waals surface area contributed by atoms with E-state index in [-0.39, 0.29) is 12.3 Å². The van der Waals surface area contributed by atoms with Gasteiger partial charge >= 0.3 is 5.97 Å². The van der Waals surface area contributed by atoms with Gasteiger partial charge in [-0.15, -0.1) is 0 Å². The Bertz CT molecular complexity index is 1330. The lowest BCUT2D eigenvalue weighted by molar-refractivity contribution is -0.137. The monoisotopic (exact) mass is 576 g/mol. The first-order valence-electron chi connectivity index (χ1n) is 12.6. The number of benzene rings is 3. The first kappa shape index (κ1) is 27.6. The number of carboxylic acid groups (broad SMARTS) is 1. The lowest BCUT2D eigenvalue weighted by Crippen LogP contribution is -2.28. The summed E-state index contributed by atoms with van der Waals surface area (Å²) in [6, 6.07) is 21.7. The topological polar surface area (TPSA) is 84.9 Å². The average Bonchev–Trinajstić information content (AvgIpc) is 3.20. The number of hydrogen-bond donors (Lipinski definition) is 3. The molecule has 3 aromatic carbocycles. The quantitative estimate of drug-likeness (QED) is 0.265. The SMILES string of the molecule is CN(C)CCN(C)Cc1ccc(N/C(=C2\C(=O)Nc3cc(Br)ccc32)c2ccc(CCC(=O)O)cc2)cc1. The molecular weight excluding hydrogens is 544 g/mol. The number of carbonyl (C=O) groups excluding carboxylic acids is 1. The molecule has 0 aliphatic carbocycles. The largest absolute Gasteiger partial charge is 0.481 e. The molecule has 198 valence electrons. The van der Waals surface area contributed by atoms with Crippen molar-refractivity contribution in [3.8, 4) is 0 Å². The molecule has 3 aromatic rings. The van der Waals surface area contributed by atoms with Crippen molar-refractivity contribution >= 4 is 50.5 Å². The van der Waals surface area contributed by atoms with Crippen LogP contribution < -0.4 is 10.6 Å². The van der Waals surface area contributed by atoms with Gasteiger partial charge in [0.25, 0.3) is 5.91 Å². The number of anilines is 2. The first-order chi connectivity index (χ1) is 18.2. The zero-order valence-corrected chi connectivity index (χ0v) is 23.5. The molecule has 1 heterocycles. The minimum atomic E-state index is -0.823. The van der Waals surface area contributed by atoms with E-state index in [1.165, 1.54) is 5.56 Å². The lowest BCUT2D eigenvalue weighted by Gasteiger charge is -2.20. The Kier molecular flexibility index (Phi) is 8.99. The summed E-state index contributed by atoms with van der Waals surface area (Å²) in [5.74, 6) is -0.994. The van der Waals surface area contributed by atoms with Crippen LogP contribution in [-0.2, 0) is 22.6 Å². The van der Waals surface area contributed by atoms with Crippen LogP contribution in [0.2, 0.25) is 0 Å². The maximum absolute atomic E-state index is 13.2. The Morgan fingerprint density at radius 3 is 2.29 bits per heavy atom. The highest BCUT2D eigenvalue weighted by Gasteiger charge is 2.28. The van der Waals surface area contributed by atoms with Crippen molar-refractivity contribution in [2.75, 3.05) is 44.9 Å². The molecule has 1 aliphatic rings. The Balaban J connectivity index is 1.64. The van der Waals surface area contributed by atoms with Gasteiger partial charge in [-0.25, -0.2) is 0 Å². The summed E-state index contributed by atoms with van der Waals surface area (Å²) in [6.07, 6.45) is 0.531. The molecule has 0 unspecified atom stereocenters. The van der Waals surface area contributed by atoms with E-state index in [1.54, 1.807) is 0 Å². The summed E-state index contributed by atoms with van der Waals surface area (Å²) in [5, 5.41) is 15.5. The number of halogens is 1. The number of carboxylic acids is 1. The second kappa shape index (κ2) is 12.4. The van der Waals surface area contributed by atoms with Gasteiger partial charge in [0.1, 0.15) is 0 Å². The van der Waals surface area contributed by atoms with Crippen LogP contribution in [0.4, 0.5) is 11.4 Å². The molecule has 0 saturated carbocycles. The highest BCUT2D eigenvalue weighted by molar-refractivity contribution is 9.10. The van der Waals surface area contributed by atoms with E-state index < -0.39 is 5.97 Å². The molecule has 7 nitrogen and oxygen atoms in total. The van der Waals surface area contributed by atoms with E-state index in [0.717, 1.165) is 52.2 Å². The van der Waals surface area contributed by atoms with Crippen LogP contribution in [-0.4, -0.2) is 61.0 Å². The zero-order chi connectivity index (χ0) is 27.2. The Hall–Kier alpha value is -3.46. The third kappa shape index (κ3) is 7.10. The molecule has 4 rings (SSSR count).